The Morgan fingerprint density at radius 2 is 2.05 bits per heavy atom. The van der Waals surface area contributed by atoms with Crippen LogP contribution >= 0.6 is 0 Å². The smallest absolute Gasteiger partial charge is 0.244 e. The van der Waals surface area contributed by atoms with Crippen LogP contribution in [0.15, 0.2) is 41.7 Å². The maximum atomic E-state index is 12.2. The van der Waals surface area contributed by atoms with Crippen molar-refractivity contribution >= 4 is 21.4 Å². The minimum absolute atomic E-state index is 0.0835. The Morgan fingerprint density at radius 3 is 2.67 bits per heavy atom. The summed E-state index contributed by atoms with van der Waals surface area (Å²) in [7, 11) is -0.634. The van der Waals surface area contributed by atoms with Gasteiger partial charge in [-0.15, -0.1) is 0 Å². The molecule has 1 heterocycles. The standard InChI is InChI=1S/C13H17N5O2S/c1-18(2)21(19,20)12-5-3-4-11(13(12)14)16-8-10-6-7-15-9-17-10/h3-7,9,16H,8,14H2,1-2H3. The molecule has 7 nitrogen and oxygen atoms in total. The van der Waals surface area contributed by atoms with Gasteiger partial charge in [0, 0.05) is 20.3 Å². The van der Waals surface area contributed by atoms with Crippen LogP contribution < -0.4 is 11.1 Å². The van der Waals surface area contributed by atoms with Gasteiger partial charge in [0.1, 0.15) is 11.2 Å². The fourth-order valence-electron chi connectivity index (χ4n) is 1.73. The summed E-state index contributed by atoms with van der Waals surface area (Å²) in [6.45, 7) is 0.429. The van der Waals surface area contributed by atoms with Gasteiger partial charge >= 0.3 is 0 Å². The number of benzene rings is 1. The summed E-state index contributed by atoms with van der Waals surface area (Å²) in [4.78, 5) is 8.00. The molecule has 0 bridgehead atoms. The third kappa shape index (κ3) is 3.29. The third-order valence-electron chi connectivity index (χ3n) is 2.93. The van der Waals surface area contributed by atoms with Crippen LogP contribution in [0.4, 0.5) is 11.4 Å². The summed E-state index contributed by atoms with van der Waals surface area (Å²) in [5.74, 6) is 0. The molecule has 112 valence electrons. The normalized spacial score (nSPS) is 11.6. The third-order valence-corrected chi connectivity index (χ3v) is 4.80. The van der Waals surface area contributed by atoms with Crippen LogP contribution in [0, 0.1) is 0 Å². The Kier molecular flexibility index (Phi) is 4.39. The molecular weight excluding hydrogens is 290 g/mol. The van der Waals surface area contributed by atoms with E-state index < -0.39 is 10.0 Å². The number of hydrogen-bond donors (Lipinski definition) is 2. The second-order valence-electron chi connectivity index (χ2n) is 4.56. The highest BCUT2D eigenvalue weighted by Crippen LogP contribution is 2.28. The van der Waals surface area contributed by atoms with Crippen LogP contribution in [0.2, 0.25) is 0 Å². The minimum Gasteiger partial charge on any atom is -0.396 e. The van der Waals surface area contributed by atoms with Crippen LogP contribution in [0.1, 0.15) is 5.69 Å². The van der Waals surface area contributed by atoms with Crippen molar-refractivity contribution in [1.82, 2.24) is 14.3 Å². The molecule has 1 aromatic carbocycles. The van der Waals surface area contributed by atoms with Crippen molar-refractivity contribution in [3.05, 3.63) is 42.5 Å². The number of nitrogens with zero attached hydrogens (tertiary/aromatic N) is 3. The Hall–Kier alpha value is -2.19. The number of aromatic nitrogens is 2. The van der Waals surface area contributed by atoms with Crippen LogP contribution in [-0.4, -0.2) is 36.8 Å². The molecule has 0 aliphatic carbocycles. The zero-order chi connectivity index (χ0) is 15.5. The largest absolute Gasteiger partial charge is 0.396 e. The molecule has 0 fully saturated rings. The Balaban J connectivity index is 2.27. The molecule has 0 saturated heterocycles. The highest BCUT2D eigenvalue weighted by atomic mass is 32.2. The van der Waals surface area contributed by atoms with E-state index in [1.54, 1.807) is 24.4 Å². The van der Waals surface area contributed by atoms with E-state index in [0.717, 1.165) is 10.00 Å². The number of para-hydroxylation sites is 1. The van der Waals surface area contributed by atoms with E-state index in [1.165, 1.54) is 26.5 Å². The molecule has 8 heteroatoms. The lowest BCUT2D eigenvalue weighted by molar-refractivity contribution is 0.521. The highest BCUT2D eigenvalue weighted by molar-refractivity contribution is 7.89. The van der Waals surface area contributed by atoms with Crippen molar-refractivity contribution in [2.75, 3.05) is 25.1 Å². The molecule has 3 N–H and O–H groups in total. The summed E-state index contributed by atoms with van der Waals surface area (Å²) in [6.07, 6.45) is 3.09. The van der Waals surface area contributed by atoms with Gasteiger partial charge in [0.2, 0.25) is 10.0 Å². The summed E-state index contributed by atoms with van der Waals surface area (Å²) < 4.78 is 25.5. The molecule has 2 rings (SSSR count). The molecular formula is C13H17N5O2S. The van der Waals surface area contributed by atoms with E-state index in [-0.39, 0.29) is 10.6 Å². The predicted octanol–water partition coefficient (Wildman–Crippen LogP) is 0.921. The van der Waals surface area contributed by atoms with Gasteiger partial charge in [-0.05, 0) is 18.2 Å². The molecule has 0 aliphatic rings. The first kappa shape index (κ1) is 15.2. The van der Waals surface area contributed by atoms with Crippen molar-refractivity contribution in [2.45, 2.75) is 11.4 Å². The first-order valence-corrected chi connectivity index (χ1v) is 7.66. The van der Waals surface area contributed by atoms with Crippen LogP contribution in [0.25, 0.3) is 0 Å². The van der Waals surface area contributed by atoms with E-state index in [2.05, 4.69) is 15.3 Å². The van der Waals surface area contributed by atoms with E-state index >= 15 is 0 Å². The van der Waals surface area contributed by atoms with Crippen LogP contribution in [0.3, 0.4) is 0 Å². The van der Waals surface area contributed by atoms with Crippen molar-refractivity contribution < 1.29 is 8.42 Å². The van der Waals surface area contributed by atoms with Gasteiger partial charge < -0.3 is 11.1 Å². The second kappa shape index (κ2) is 6.06. The first-order chi connectivity index (χ1) is 9.93. The van der Waals surface area contributed by atoms with Gasteiger partial charge in [-0.3, -0.25) is 0 Å². The lowest BCUT2D eigenvalue weighted by Crippen LogP contribution is -2.23. The maximum absolute atomic E-state index is 12.2. The number of anilines is 2. The fraction of sp³-hybridized carbons (Fsp3) is 0.231. The molecule has 21 heavy (non-hydrogen) atoms. The minimum atomic E-state index is -3.57. The average molecular weight is 307 g/mol. The Morgan fingerprint density at radius 1 is 1.29 bits per heavy atom. The second-order valence-corrected chi connectivity index (χ2v) is 6.68. The van der Waals surface area contributed by atoms with Crippen molar-refractivity contribution in [3.8, 4) is 0 Å². The zero-order valence-electron chi connectivity index (χ0n) is 11.8. The number of hydrogen-bond acceptors (Lipinski definition) is 6. The van der Waals surface area contributed by atoms with Gasteiger partial charge in [-0.25, -0.2) is 22.7 Å². The van der Waals surface area contributed by atoms with Gasteiger partial charge in [-0.2, -0.15) is 0 Å². The van der Waals surface area contributed by atoms with E-state index in [9.17, 15) is 8.42 Å². The number of nitrogens with one attached hydrogen (secondary N) is 1. The number of rotatable bonds is 5. The van der Waals surface area contributed by atoms with Crippen molar-refractivity contribution in [1.29, 1.82) is 0 Å². The molecule has 0 spiro atoms. The van der Waals surface area contributed by atoms with E-state index in [1.807, 2.05) is 0 Å². The number of nitrogen functional groups attached to an aromatic ring is 1. The molecule has 0 unspecified atom stereocenters. The van der Waals surface area contributed by atoms with Crippen LogP contribution in [-0.2, 0) is 16.6 Å². The predicted molar refractivity (Wildman–Crippen MR) is 81.1 cm³/mol. The lowest BCUT2D eigenvalue weighted by Gasteiger charge is -2.16. The monoisotopic (exact) mass is 307 g/mol. The quantitative estimate of drug-likeness (QED) is 0.797. The van der Waals surface area contributed by atoms with E-state index in [4.69, 9.17) is 5.73 Å². The summed E-state index contributed by atoms with van der Waals surface area (Å²) in [5, 5.41) is 3.08. The van der Waals surface area contributed by atoms with Gasteiger partial charge in [0.05, 0.1) is 23.6 Å². The average Bonchev–Trinajstić information content (AvgIpc) is 2.47. The van der Waals surface area contributed by atoms with Crippen molar-refractivity contribution in [3.63, 3.8) is 0 Å². The van der Waals surface area contributed by atoms with Crippen LogP contribution in [0.5, 0.6) is 0 Å². The van der Waals surface area contributed by atoms with Gasteiger partial charge in [0.25, 0.3) is 0 Å². The summed E-state index contributed by atoms with van der Waals surface area (Å²) >= 11 is 0. The molecule has 0 saturated carbocycles. The topological polar surface area (TPSA) is 101 Å². The first-order valence-electron chi connectivity index (χ1n) is 6.22. The molecule has 0 aliphatic heterocycles. The number of sulfonamides is 1. The van der Waals surface area contributed by atoms with Crippen molar-refractivity contribution in [2.24, 2.45) is 0 Å². The van der Waals surface area contributed by atoms with Gasteiger partial charge in [-0.1, -0.05) is 6.07 Å². The number of nitrogens with two attached hydrogens (primary N) is 1. The maximum Gasteiger partial charge on any atom is 0.244 e. The molecule has 2 aromatic rings. The Bertz CT molecular complexity index is 717. The summed E-state index contributed by atoms with van der Waals surface area (Å²) in [5.41, 5.74) is 7.50. The van der Waals surface area contributed by atoms with E-state index in [0.29, 0.717) is 12.2 Å². The molecule has 0 amide bonds. The molecule has 1 aromatic heterocycles. The Labute approximate surface area is 123 Å². The zero-order valence-corrected chi connectivity index (χ0v) is 12.6. The highest BCUT2D eigenvalue weighted by Gasteiger charge is 2.21. The summed E-state index contributed by atoms with van der Waals surface area (Å²) in [6, 6.07) is 6.63. The fourth-order valence-corrected chi connectivity index (χ4v) is 2.76. The molecule has 0 radical (unpaired) electrons. The van der Waals surface area contributed by atoms with Gasteiger partial charge in [0.15, 0.2) is 0 Å². The lowest BCUT2D eigenvalue weighted by atomic mass is 10.2. The SMILES string of the molecule is CN(C)S(=O)(=O)c1cccc(NCc2ccncn2)c1N. The molecule has 0 atom stereocenters.